The summed E-state index contributed by atoms with van der Waals surface area (Å²) in [6, 6.07) is 10.1. The number of aliphatic hydroxyl groups excluding tert-OH is 1. The molecule has 4 heterocycles. The van der Waals surface area contributed by atoms with E-state index in [2.05, 4.69) is 41.2 Å². The van der Waals surface area contributed by atoms with Crippen LogP contribution in [0.2, 0.25) is 0 Å². The number of aromatic nitrogens is 4. The van der Waals surface area contributed by atoms with E-state index in [9.17, 15) is 39.0 Å². The number of amides is 4. The van der Waals surface area contributed by atoms with Crippen LogP contribution < -0.4 is 37.6 Å². The molecule has 358 valence electrons. The molecule has 0 spiro atoms. The smallest absolute Gasteiger partial charge is 0.264 e. The lowest BCUT2D eigenvalue weighted by atomic mass is 9.90. The van der Waals surface area contributed by atoms with Gasteiger partial charge < -0.3 is 37.2 Å². The first-order chi connectivity index (χ1) is 31.8. The van der Waals surface area contributed by atoms with Gasteiger partial charge in [-0.1, -0.05) is 31.7 Å². The summed E-state index contributed by atoms with van der Waals surface area (Å²) in [6.07, 6.45) is 5.67. The van der Waals surface area contributed by atoms with Gasteiger partial charge in [0.05, 0.1) is 46.7 Å². The third-order valence-electron chi connectivity index (χ3n) is 12.3. The Morgan fingerprint density at radius 2 is 1.58 bits per heavy atom. The SMILES string of the molecule is CN(Cc1cnc2nc(N)nc(N)c2n1)c1ccc(C(=O)C(C)(C)N[C@@H](CCC(=O)C(C)(C)NCCCCCCCCNc2cccc3c2C(=O)N(C2CCC(=O)NC2=O)C3=O)C(O)O)cc1. The first-order valence-electron chi connectivity index (χ1n) is 22.7. The van der Waals surface area contributed by atoms with Gasteiger partial charge in [0.25, 0.3) is 11.8 Å². The van der Waals surface area contributed by atoms with Gasteiger partial charge in [-0.3, -0.25) is 44.3 Å². The highest BCUT2D eigenvalue weighted by Crippen LogP contribution is 2.32. The summed E-state index contributed by atoms with van der Waals surface area (Å²) in [6.45, 7) is 8.55. The molecule has 20 heteroatoms. The molecule has 0 radical (unpaired) electrons. The van der Waals surface area contributed by atoms with Gasteiger partial charge in [0.15, 0.2) is 34.8 Å². The third-order valence-corrected chi connectivity index (χ3v) is 12.3. The molecule has 0 saturated carbocycles. The average molecular weight is 923 g/mol. The van der Waals surface area contributed by atoms with Gasteiger partial charge in [-0.2, -0.15) is 9.97 Å². The molecule has 2 aromatic heterocycles. The van der Waals surface area contributed by atoms with Crippen molar-refractivity contribution in [3.8, 4) is 0 Å². The zero-order valence-electron chi connectivity index (χ0n) is 38.7. The molecule has 1 unspecified atom stereocenters. The van der Waals surface area contributed by atoms with Crippen LogP contribution in [-0.2, 0) is 20.9 Å². The number of rotatable bonds is 24. The first-order valence-corrected chi connectivity index (χ1v) is 22.7. The number of benzene rings is 2. The summed E-state index contributed by atoms with van der Waals surface area (Å²) in [5.74, 6) is -2.34. The summed E-state index contributed by atoms with van der Waals surface area (Å²) in [5.41, 5.74) is 13.1. The standard InChI is InChI=1S/C47H62N12O8/c1-46(2,52-24-11-9-7-6-8-10-23-50-31-14-12-13-30-36(31)43(65)59(42(30)64)33-20-22-35(61)54-41(33)63)34(60)21-19-32(44(66)67)57-47(3,4)38(62)27-15-17-29(18-16-27)58(5)26-28-25-51-40-37(53-28)39(48)55-45(49)56-40/h12-18,25,32-33,44,50,52,57,66-67H,6-11,19-24,26H2,1-5H3,(H,54,61,63)(H4,48,49,51,55,56)/t32-,33?/m0/s1. The van der Waals surface area contributed by atoms with E-state index in [4.69, 9.17) is 11.5 Å². The number of carbonyl (C=O) groups excluding carboxylic acids is 6. The Kier molecular flexibility index (Phi) is 16.0. The number of nitrogens with zero attached hydrogens (tertiary/aromatic N) is 6. The van der Waals surface area contributed by atoms with Crippen molar-refractivity contribution < 1.29 is 39.0 Å². The topological polar surface area (TPSA) is 301 Å². The predicted octanol–water partition coefficient (Wildman–Crippen LogP) is 3.02. The number of Topliss-reactive ketones (excluding diaryl/α,β-unsaturated/α-hetero) is 2. The van der Waals surface area contributed by atoms with Crippen LogP contribution in [0.3, 0.4) is 0 Å². The highest BCUT2D eigenvalue weighted by atomic mass is 16.5. The second-order valence-electron chi connectivity index (χ2n) is 18.3. The quantitative estimate of drug-likeness (QED) is 0.0217. The minimum Gasteiger partial charge on any atom is -0.384 e. The molecule has 1 saturated heterocycles. The Hall–Kier alpha value is -6.48. The number of fused-ring (bicyclic) bond motifs is 2. The summed E-state index contributed by atoms with van der Waals surface area (Å²) in [4.78, 5) is 97.3. The Bertz CT molecular complexity index is 2500. The van der Waals surface area contributed by atoms with Gasteiger partial charge in [-0.25, -0.2) is 9.97 Å². The van der Waals surface area contributed by atoms with Crippen LogP contribution in [0, 0.1) is 0 Å². The van der Waals surface area contributed by atoms with Crippen molar-refractivity contribution in [2.45, 2.75) is 128 Å². The zero-order valence-corrected chi connectivity index (χ0v) is 38.7. The summed E-state index contributed by atoms with van der Waals surface area (Å²) in [5, 5.41) is 32.5. The number of piperidine rings is 1. The van der Waals surface area contributed by atoms with E-state index in [1.54, 1.807) is 62.5 Å². The fourth-order valence-corrected chi connectivity index (χ4v) is 8.39. The molecule has 2 aromatic carbocycles. The summed E-state index contributed by atoms with van der Waals surface area (Å²) >= 11 is 0. The number of unbranched alkanes of at least 4 members (excludes halogenated alkanes) is 5. The maximum Gasteiger partial charge on any atom is 0.264 e. The van der Waals surface area contributed by atoms with E-state index >= 15 is 0 Å². The van der Waals surface area contributed by atoms with Gasteiger partial charge in [0, 0.05) is 43.4 Å². The van der Waals surface area contributed by atoms with Crippen LogP contribution in [0.4, 0.5) is 23.1 Å². The number of hydrogen-bond acceptors (Lipinski definition) is 18. The second kappa shape index (κ2) is 21.4. The van der Waals surface area contributed by atoms with Gasteiger partial charge in [-0.15, -0.1) is 0 Å². The lowest BCUT2D eigenvalue weighted by Crippen LogP contribution is -2.56. The van der Waals surface area contributed by atoms with Crippen molar-refractivity contribution in [3.05, 3.63) is 71.0 Å². The average Bonchev–Trinajstić information content (AvgIpc) is 3.54. The van der Waals surface area contributed by atoms with E-state index in [1.807, 2.05) is 25.8 Å². The molecule has 6 rings (SSSR count). The number of carbonyl (C=O) groups is 6. The minimum atomic E-state index is -1.81. The van der Waals surface area contributed by atoms with Gasteiger partial charge in [0.1, 0.15) is 6.04 Å². The lowest BCUT2D eigenvalue weighted by Gasteiger charge is -2.32. The zero-order chi connectivity index (χ0) is 48.6. The van der Waals surface area contributed by atoms with Crippen LogP contribution in [-0.4, -0.2) is 120 Å². The fourth-order valence-electron chi connectivity index (χ4n) is 8.39. The number of nitrogens with two attached hydrogens (primary N) is 2. The van der Waals surface area contributed by atoms with Gasteiger partial charge in [0.2, 0.25) is 17.8 Å². The van der Waals surface area contributed by atoms with Crippen LogP contribution in [0.1, 0.15) is 129 Å². The van der Waals surface area contributed by atoms with Crippen molar-refractivity contribution in [3.63, 3.8) is 0 Å². The van der Waals surface area contributed by atoms with E-state index in [0.29, 0.717) is 47.7 Å². The van der Waals surface area contributed by atoms with Crippen molar-refractivity contribution in [2.24, 2.45) is 0 Å². The molecular formula is C47H62N12O8. The number of aliphatic hydroxyl groups is 2. The Morgan fingerprint density at radius 1 is 0.896 bits per heavy atom. The third kappa shape index (κ3) is 12.1. The predicted molar refractivity (Wildman–Crippen MR) is 252 cm³/mol. The maximum atomic E-state index is 13.7. The van der Waals surface area contributed by atoms with E-state index in [-0.39, 0.29) is 60.1 Å². The lowest BCUT2D eigenvalue weighted by molar-refractivity contribution is -0.136. The number of nitrogen functional groups attached to an aromatic ring is 2. The van der Waals surface area contributed by atoms with Gasteiger partial charge >= 0.3 is 0 Å². The normalized spacial score (nSPS) is 15.8. The number of ketones is 2. The van der Waals surface area contributed by atoms with Crippen LogP contribution in [0.25, 0.3) is 11.2 Å². The van der Waals surface area contributed by atoms with Crippen molar-refractivity contribution in [1.29, 1.82) is 0 Å². The summed E-state index contributed by atoms with van der Waals surface area (Å²) < 4.78 is 0. The molecule has 2 aliphatic heterocycles. The first kappa shape index (κ1) is 49.9. The summed E-state index contributed by atoms with van der Waals surface area (Å²) in [7, 11) is 1.87. The molecule has 4 aromatic rings. The Morgan fingerprint density at radius 3 is 2.27 bits per heavy atom. The second-order valence-corrected chi connectivity index (χ2v) is 18.3. The highest BCUT2D eigenvalue weighted by molar-refractivity contribution is 6.25. The Labute approximate surface area is 389 Å². The van der Waals surface area contributed by atoms with Gasteiger partial charge in [-0.05, 0) is 96.3 Å². The molecule has 0 aliphatic carbocycles. The molecule has 0 bridgehead atoms. The van der Waals surface area contributed by atoms with Crippen LogP contribution in [0.5, 0.6) is 0 Å². The molecule has 2 atom stereocenters. The van der Waals surface area contributed by atoms with Crippen molar-refractivity contribution in [2.75, 3.05) is 41.8 Å². The number of hydrogen-bond donors (Lipinski definition) is 8. The van der Waals surface area contributed by atoms with E-state index < -0.39 is 53.1 Å². The number of imide groups is 2. The minimum absolute atomic E-state index is 0.0156. The number of anilines is 4. The molecule has 10 N–H and O–H groups in total. The number of nitrogens with one attached hydrogen (secondary N) is 4. The molecule has 2 aliphatic rings. The van der Waals surface area contributed by atoms with Crippen LogP contribution in [0.15, 0.2) is 48.7 Å². The van der Waals surface area contributed by atoms with E-state index in [1.165, 1.54) is 0 Å². The van der Waals surface area contributed by atoms with E-state index in [0.717, 1.165) is 49.1 Å². The largest absolute Gasteiger partial charge is 0.384 e. The fraction of sp³-hybridized carbons (Fsp3) is 0.489. The molecule has 4 amide bonds. The maximum absolute atomic E-state index is 13.7. The molecule has 67 heavy (non-hydrogen) atoms. The molecule has 1 fully saturated rings. The van der Waals surface area contributed by atoms with Crippen molar-refractivity contribution in [1.82, 2.24) is 40.8 Å². The Balaban J connectivity index is 0.874. The molecule has 20 nitrogen and oxygen atoms in total. The van der Waals surface area contributed by atoms with Crippen molar-refractivity contribution >= 4 is 69.5 Å². The molecular weight excluding hydrogens is 861 g/mol. The van der Waals surface area contributed by atoms with Crippen LogP contribution >= 0.6 is 0 Å². The highest BCUT2D eigenvalue weighted by Gasteiger charge is 2.45. The monoisotopic (exact) mass is 922 g/mol.